The van der Waals surface area contributed by atoms with Crippen LogP contribution in [0.3, 0.4) is 0 Å². The van der Waals surface area contributed by atoms with Crippen LogP contribution in [0.5, 0.6) is 5.75 Å². The highest BCUT2D eigenvalue weighted by atomic mass is 16.6. The number of carbonyl (C=O) groups excluding carboxylic acids is 2. The van der Waals surface area contributed by atoms with Crippen molar-refractivity contribution in [1.29, 1.82) is 0 Å². The Bertz CT molecular complexity index is 411. The maximum atomic E-state index is 11.7. The Morgan fingerprint density at radius 2 is 2.20 bits per heavy atom. The van der Waals surface area contributed by atoms with Crippen molar-refractivity contribution in [3.05, 3.63) is 29.8 Å². The molecule has 0 saturated carbocycles. The largest absolute Gasteiger partial charge is 0.470 e. The smallest absolute Gasteiger partial charge is 0.355 e. The maximum absolute atomic E-state index is 11.7. The first-order valence-corrected chi connectivity index (χ1v) is 4.70. The molecule has 0 spiro atoms. The van der Waals surface area contributed by atoms with Crippen molar-refractivity contribution in [3.63, 3.8) is 0 Å². The van der Waals surface area contributed by atoms with Crippen LogP contribution >= 0.6 is 0 Å². The number of carbonyl (C=O) groups is 2. The lowest BCUT2D eigenvalue weighted by Gasteiger charge is -2.07. The van der Waals surface area contributed by atoms with Gasteiger partial charge in [0.05, 0.1) is 12.2 Å². The topological polar surface area (TPSA) is 52.6 Å². The van der Waals surface area contributed by atoms with Gasteiger partial charge in [0, 0.05) is 0 Å². The number of ketones is 1. The van der Waals surface area contributed by atoms with Crippen molar-refractivity contribution in [2.45, 2.75) is 13.0 Å². The fourth-order valence-electron chi connectivity index (χ4n) is 1.47. The van der Waals surface area contributed by atoms with Crippen molar-refractivity contribution < 1.29 is 19.1 Å². The summed E-state index contributed by atoms with van der Waals surface area (Å²) in [7, 11) is 0. The van der Waals surface area contributed by atoms with E-state index in [0.717, 1.165) is 0 Å². The highest BCUT2D eigenvalue weighted by molar-refractivity contribution is 6.15. The van der Waals surface area contributed by atoms with E-state index in [0.29, 0.717) is 11.3 Å². The number of fused-ring (bicyclic) bond motifs is 1. The van der Waals surface area contributed by atoms with Crippen LogP contribution in [0.25, 0.3) is 0 Å². The average molecular weight is 206 g/mol. The fraction of sp³-hybridized carbons (Fsp3) is 0.273. The Balaban J connectivity index is 2.24. The van der Waals surface area contributed by atoms with Gasteiger partial charge in [0.1, 0.15) is 5.75 Å². The minimum atomic E-state index is -1.12. The number of Topliss-reactive ketones (excluding diaryl/α,β-unsaturated/α-hetero) is 1. The zero-order chi connectivity index (χ0) is 10.8. The molecule has 4 nitrogen and oxygen atoms in total. The molecule has 78 valence electrons. The molecule has 0 fully saturated rings. The van der Waals surface area contributed by atoms with Crippen molar-refractivity contribution in [1.82, 2.24) is 0 Å². The van der Waals surface area contributed by atoms with Crippen molar-refractivity contribution >= 4 is 11.8 Å². The standard InChI is InChI=1S/C11H10O4/c1-2-14-11(13)10-9(12)7-5-3-4-6-8(7)15-10/h3-6,10H,2H2,1H3/t10-/m0/s1. The number of ether oxygens (including phenoxy) is 2. The summed E-state index contributed by atoms with van der Waals surface area (Å²) in [4.78, 5) is 23.0. The van der Waals surface area contributed by atoms with Crippen LogP contribution in [0.4, 0.5) is 0 Å². The molecule has 4 heteroatoms. The summed E-state index contributed by atoms with van der Waals surface area (Å²) in [5.74, 6) is -0.511. The Hall–Kier alpha value is -1.84. The van der Waals surface area contributed by atoms with Crippen LogP contribution in [0.15, 0.2) is 24.3 Å². The third-order valence-corrected chi connectivity index (χ3v) is 2.14. The van der Waals surface area contributed by atoms with E-state index >= 15 is 0 Å². The molecule has 15 heavy (non-hydrogen) atoms. The van der Waals surface area contributed by atoms with Gasteiger partial charge in [-0.25, -0.2) is 4.79 Å². The fourth-order valence-corrected chi connectivity index (χ4v) is 1.47. The highest BCUT2D eigenvalue weighted by Crippen LogP contribution is 2.28. The molecule has 0 N–H and O–H groups in total. The van der Waals surface area contributed by atoms with Crippen LogP contribution in [0, 0.1) is 0 Å². The number of esters is 1. The van der Waals surface area contributed by atoms with Crippen molar-refractivity contribution in [3.8, 4) is 5.75 Å². The molecule has 1 aliphatic heterocycles. The molecule has 0 aromatic heterocycles. The van der Waals surface area contributed by atoms with Gasteiger partial charge in [-0.1, -0.05) is 12.1 Å². The zero-order valence-corrected chi connectivity index (χ0v) is 8.23. The second-order valence-electron chi connectivity index (χ2n) is 3.11. The van der Waals surface area contributed by atoms with Gasteiger partial charge in [0.2, 0.25) is 5.78 Å². The average Bonchev–Trinajstić information content (AvgIpc) is 2.57. The van der Waals surface area contributed by atoms with Gasteiger partial charge < -0.3 is 9.47 Å². The molecule has 0 bridgehead atoms. The number of para-hydroxylation sites is 1. The number of hydrogen-bond acceptors (Lipinski definition) is 4. The van der Waals surface area contributed by atoms with Gasteiger partial charge in [-0.05, 0) is 19.1 Å². The van der Waals surface area contributed by atoms with E-state index in [4.69, 9.17) is 9.47 Å². The number of benzene rings is 1. The molecule has 0 saturated heterocycles. The summed E-state index contributed by atoms with van der Waals surface area (Å²) in [6.45, 7) is 1.92. The van der Waals surface area contributed by atoms with Crippen LogP contribution in [0.1, 0.15) is 17.3 Å². The second-order valence-corrected chi connectivity index (χ2v) is 3.11. The predicted molar refractivity (Wildman–Crippen MR) is 51.8 cm³/mol. The van der Waals surface area contributed by atoms with Crippen molar-refractivity contribution in [2.75, 3.05) is 6.61 Å². The monoisotopic (exact) mass is 206 g/mol. The van der Waals surface area contributed by atoms with Crippen LogP contribution in [0.2, 0.25) is 0 Å². The van der Waals surface area contributed by atoms with E-state index in [1.165, 1.54) is 0 Å². The molecule has 0 radical (unpaired) electrons. The Labute approximate surface area is 86.8 Å². The summed E-state index contributed by atoms with van der Waals surface area (Å²) < 4.78 is 9.95. The molecule has 2 rings (SSSR count). The minimum Gasteiger partial charge on any atom is -0.470 e. The summed E-state index contributed by atoms with van der Waals surface area (Å²) in [5.41, 5.74) is 0.440. The van der Waals surface area contributed by atoms with Gasteiger partial charge in [0.25, 0.3) is 6.10 Å². The molecule has 0 amide bonds. The van der Waals surface area contributed by atoms with Gasteiger partial charge in [-0.15, -0.1) is 0 Å². The van der Waals surface area contributed by atoms with Gasteiger partial charge in [0.15, 0.2) is 0 Å². The second kappa shape index (κ2) is 3.73. The van der Waals surface area contributed by atoms with E-state index < -0.39 is 12.1 Å². The van der Waals surface area contributed by atoms with E-state index in [1.54, 1.807) is 31.2 Å². The summed E-state index contributed by atoms with van der Waals surface area (Å²) in [5, 5.41) is 0. The van der Waals surface area contributed by atoms with Crippen LogP contribution < -0.4 is 4.74 Å². The first-order chi connectivity index (χ1) is 7.24. The lowest BCUT2D eigenvalue weighted by molar-refractivity contribution is -0.148. The van der Waals surface area contributed by atoms with E-state index in [-0.39, 0.29) is 12.4 Å². The Morgan fingerprint density at radius 3 is 2.87 bits per heavy atom. The molecule has 1 aliphatic rings. The van der Waals surface area contributed by atoms with Gasteiger partial charge >= 0.3 is 5.97 Å². The SMILES string of the molecule is CCOC(=O)[C@H]1Oc2ccccc2C1=O. The van der Waals surface area contributed by atoms with Crippen LogP contribution in [-0.4, -0.2) is 24.5 Å². The van der Waals surface area contributed by atoms with Crippen molar-refractivity contribution in [2.24, 2.45) is 0 Å². The van der Waals surface area contributed by atoms with E-state index in [1.807, 2.05) is 0 Å². The summed E-state index contributed by atoms with van der Waals surface area (Å²) in [6, 6.07) is 6.77. The van der Waals surface area contributed by atoms with E-state index in [2.05, 4.69) is 0 Å². The predicted octanol–water partition coefficient (Wildman–Crippen LogP) is 1.19. The Kier molecular flexibility index (Phi) is 2.41. The highest BCUT2D eigenvalue weighted by Gasteiger charge is 2.38. The van der Waals surface area contributed by atoms with Gasteiger partial charge in [-0.3, -0.25) is 4.79 Å². The maximum Gasteiger partial charge on any atom is 0.355 e. The lowest BCUT2D eigenvalue weighted by Crippen LogP contribution is -2.32. The van der Waals surface area contributed by atoms with Crippen LogP contribution in [-0.2, 0) is 9.53 Å². The molecule has 1 aromatic carbocycles. The quantitative estimate of drug-likeness (QED) is 0.538. The van der Waals surface area contributed by atoms with Gasteiger partial charge in [-0.2, -0.15) is 0 Å². The third kappa shape index (κ3) is 1.58. The molecule has 1 aromatic rings. The molecule has 0 unspecified atom stereocenters. The first-order valence-electron chi connectivity index (χ1n) is 4.70. The minimum absolute atomic E-state index is 0.238. The molecule has 0 aliphatic carbocycles. The molecular formula is C11H10O4. The first kappa shape index (κ1) is 9.71. The zero-order valence-electron chi connectivity index (χ0n) is 8.23. The molecular weight excluding hydrogens is 196 g/mol. The number of hydrogen-bond donors (Lipinski definition) is 0. The number of rotatable bonds is 2. The third-order valence-electron chi connectivity index (χ3n) is 2.14. The molecule has 1 heterocycles. The summed E-state index contributed by atoms with van der Waals surface area (Å²) >= 11 is 0. The van der Waals surface area contributed by atoms with E-state index in [9.17, 15) is 9.59 Å². The normalized spacial score (nSPS) is 18.2. The lowest BCUT2D eigenvalue weighted by atomic mass is 10.1. The Morgan fingerprint density at radius 1 is 1.47 bits per heavy atom. The summed E-state index contributed by atoms with van der Waals surface area (Å²) in [6.07, 6.45) is -1.12. The molecule has 1 atom stereocenters.